The van der Waals surface area contributed by atoms with Gasteiger partial charge >= 0.3 is 6.09 Å². The van der Waals surface area contributed by atoms with Crippen molar-refractivity contribution in [2.75, 3.05) is 62.2 Å². The summed E-state index contributed by atoms with van der Waals surface area (Å²) >= 11 is 5.30. The van der Waals surface area contributed by atoms with E-state index >= 15 is 0 Å². The number of rotatable bonds is 5. The number of anilines is 2. The Kier molecular flexibility index (Phi) is 6.19. The highest BCUT2D eigenvalue weighted by Crippen LogP contribution is 2.28. The first-order valence-electron chi connectivity index (χ1n) is 10.1. The largest absolute Gasteiger partial charge is 0.442 e. The second kappa shape index (κ2) is 8.73. The molecule has 3 N–H and O–H groups in total. The van der Waals surface area contributed by atoms with Crippen LogP contribution in [0.15, 0.2) is 18.2 Å². The number of hydrogen-bond donors (Lipinski definition) is 2. The zero-order valence-corrected chi connectivity index (χ0v) is 18.5. The van der Waals surface area contributed by atoms with Gasteiger partial charge in [0, 0.05) is 39.3 Å². The number of carbonyl (C=O) groups excluding carboxylic acids is 1. The number of nitrogens with two attached hydrogens (primary N) is 1. The monoisotopic (exact) mass is 472 g/mol. The molecule has 3 fully saturated rings. The Morgan fingerprint density at radius 3 is 2.52 bits per heavy atom. The normalized spacial score (nSPS) is 22.3. The van der Waals surface area contributed by atoms with E-state index in [-0.39, 0.29) is 19.2 Å². The quantitative estimate of drug-likeness (QED) is 0.579. The maximum atomic E-state index is 14.8. The smallest absolute Gasteiger partial charge is 0.414 e. The summed E-state index contributed by atoms with van der Waals surface area (Å²) in [6.45, 7) is 3.58. The number of nitrogens with zero attached hydrogens (tertiary/aromatic N) is 4. The number of thiocarbonyl (C=S) groups is 1. The van der Waals surface area contributed by atoms with Gasteiger partial charge in [-0.25, -0.2) is 14.3 Å². The molecule has 4 rings (SSSR count). The Labute approximate surface area is 185 Å². The Hall–Kier alpha value is -2.22. The van der Waals surface area contributed by atoms with Crippen LogP contribution in [0.1, 0.15) is 6.42 Å². The van der Waals surface area contributed by atoms with Gasteiger partial charge in [0.15, 0.2) is 5.11 Å². The topological polar surface area (TPSA) is 111 Å². The minimum Gasteiger partial charge on any atom is -0.442 e. The number of amides is 1. The van der Waals surface area contributed by atoms with Crippen molar-refractivity contribution in [3.63, 3.8) is 0 Å². The van der Waals surface area contributed by atoms with E-state index in [1.165, 1.54) is 11.0 Å². The van der Waals surface area contributed by atoms with Crippen LogP contribution in [0, 0.1) is 5.82 Å². The molecule has 3 aliphatic heterocycles. The molecule has 0 unspecified atom stereocenters. The third-order valence-electron chi connectivity index (χ3n) is 5.68. The zero-order chi connectivity index (χ0) is 22.2. The molecule has 13 heteroatoms. The van der Waals surface area contributed by atoms with E-state index in [1.807, 2.05) is 4.90 Å². The first-order chi connectivity index (χ1) is 14.7. The maximum Gasteiger partial charge on any atom is 0.414 e. The molecule has 10 nitrogen and oxygen atoms in total. The summed E-state index contributed by atoms with van der Waals surface area (Å²) in [6, 6.07) is 4.55. The number of cyclic esters (lactones) is 1. The van der Waals surface area contributed by atoms with Crippen molar-refractivity contribution >= 4 is 45.0 Å². The van der Waals surface area contributed by atoms with Crippen LogP contribution in [0.25, 0.3) is 0 Å². The fourth-order valence-electron chi connectivity index (χ4n) is 3.77. The second-order valence-electron chi connectivity index (χ2n) is 7.71. The fraction of sp³-hybridized carbons (Fsp3) is 0.556. The molecule has 1 amide bonds. The first-order valence-corrected chi connectivity index (χ1v) is 12.0. The van der Waals surface area contributed by atoms with Gasteiger partial charge < -0.3 is 19.9 Å². The lowest BCUT2D eigenvalue weighted by Crippen LogP contribution is -2.50. The van der Waals surface area contributed by atoms with Crippen LogP contribution < -0.4 is 20.3 Å². The summed E-state index contributed by atoms with van der Waals surface area (Å²) in [6.07, 6.45) is 0.202. The van der Waals surface area contributed by atoms with Crippen LogP contribution in [-0.4, -0.2) is 87.3 Å². The van der Waals surface area contributed by atoms with E-state index in [9.17, 15) is 17.6 Å². The van der Waals surface area contributed by atoms with Crippen LogP contribution in [0.5, 0.6) is 0 Å². The highest BCUT2D eigenvalue weighted by molar-refractivity contribution is 7.86. The highest BCUT2D eigenvalue weighted by Gasteiger charge is 2.33. The number of carbonyl (C=O) groups is 1. The van der Waals surface area contributed by atoms with Gasteiger partial charge in [0.2, 0.25) is 0 Å². The van der Waals surface area contributed by atoms with Crippen LogP contribution in [-0.2, 0) is 14.9 Å². The number of halogens is 1. The Balaban J connectivity index is 1.35. The van der Waals surface area contributed by atoms with E-state index < -0.39 is 22.1 Å². The average molecular weight is 473 g/mol. The van der Waals surface area contributed by atoms with Gasteiger partial charge in [-0.3, -0.25) is 4.90 Å². The van der Waals surface area contributed by atoms with Gasteiger partial charge in [-0.1, -0.05) is 0 Å². The predicted octanol–water partition coefficient (Wildman–Crippen LogP) is 0.0566. The number of piperazine rings is 1. The van der Waals surface area contributed by atoms with Crippen LogP contribution >= 0.6 is 12.2 Å². The van der Waals surface area contributed by atoms with E-state index in [0.29, 0.717) is 42.7 Å². The maximum absolute atomic E-state index is 14.8. The molecule has 1 aromatic rings. The summed E-state index contributed by atoms with van der Waals surface area (Å²) in [5.41, 5.74) is 0.755. The summed E-state index contributed by atoms with van der Waals surface area (Å²) in [7, 11) is -3.75. The Morgan fingerprint density at radius 2 is 1.94 bits per heavy atom. The summed E-state index contributed by atoms with van der Waals surface area (Å²) < 4.78 is 44.2. The molecular weight excluding hydrogens is 447 g/mol. The Morgan fingerprint density at radius 1 is 1.23 bits per heavy atom. The van der Waals surface area contributed by atoms with Crippen LogP contribution in [0.3, 0.4) is 0 Å². The molecule has 0 saturated carbocycles. The van der Waals surface area contributed by atoms with Gasteiger partial charge in [-0.2, -0.15) is 12.7 Å². The van der Waals surface area contributed by atoms with Gasteiger partial charge in [0.05, 0.1) is 24.5 Å². The minimum atomic E-state index is -3.75. The van der Waals surface area contributed by atoms with Crippen molar-refractivity contribution in [3.05, 3.63) is 24.0 Å². The first kappa shape index (κ1) is 22.0. The SMILES string of the molecule is NS(=O)(=O)N1CCN(c2ccc(N3C[C@H](CNC(=S)N4CCC4)OC3=O)cc2F)CC1. The standard InChI is InChI=1S/C18H25FN6O4S2/c19-15-10-13(2-3-16(15)22-6-8-24(9-7-22)31(20,27)28)25-12-14(29-18(25)26)11-21-17(30)23-4-1-5-23/h2-3,10,14H,1,4-9,11-12H2,(H,21,30)(H2,20,27,28)/t14-/m0/s1. The molecule has 1 aromatic carbocycles. The van der Waals surface area contributed by atoms with Crippen molar-refractivity contribution < 1.29 is 22.3 Å². The number of benzene rings is 1. The molecule has 170 valence electrons. The lowest BCUT2D eigenvalue weighted by atomic mass is 10.2. The van der Waals surface area contributed by atoms with Crippen molar-refractivity contribution in [2.24, 2.45) is 5.14 Å². The third kappa shape index (κ3) is 4.84. The van der Waals surface area contributed by atoms with Gasteiger partial charge in [-0.05, 0) is 36.8 Å². The molecule has 31 heavy (non-hydrogen) atoms. The van der Waals surface area contributed by atoms with Crippen molar-refractivity contribution in [3.8, 4) is 0 Å². The van der Waals surface area contributed by atoms with Gasteiger partial charge in [0.25, 0.3) is 10.2 Å². The number of ether oxygens (including phenoxy) is 1. The molecule has 3 aliphatic rings. The molecule has 0 bridgehead atoms. The van der Waals surface area contributed by atoms with Gasteiger partial charge in [0.1, 0.15) is 11.9 Å². The fourth-order valence-corrected chi connectivity index (χ4v) is 4.71. The van der Waals surface area contributed by atoms with Crippen molar-refractivity contribution in [1.82, 2.24) is 14.5 Å². The number of likely N-dealkylation sites (tertiary alicyclic amines) is 1. The van der Waals surface area contributed by atoms with E-state index in [1.54, 1.807) is 17.0 Å². The second-order valence-corrected chi connectivity index (χ2v) is 9.64. The molecule has 1 atom stereocenters. The van der Waals surface area contributed by atoms with Crippen molar-refractivity contribution in [1.29, 1.82) is 0 Å². The number of hydrogen-bond acceptors (Lipinski definition) is 6. The predicted molar refractivity (Wildman–Crippen MR) is 118 cm³/mol. The lowest BCUT2D eigenvalue weighted by molar-refractivity contribution is 0.142. The Bertz CT molecular complexity index is 966. The van der Waals surface area contributed by atoms with Crippen LogP contribution in [0.2, 0.25) is 0 Å². The van der Waals surface area contributed by atoms with Crippen molar-refractivity contribution in [2.45, 2.75) is 12.5 Å². The van der Waals surface area contributed by atoms with E-state index in [4.69, 9.17) is 22.1 Å². The number of nitrogens with one attached hydrogen (secondary N) is 1. The van der Waals surface area contributed by atoms with Crippen LogP contribution in [0.4, 0.5) is 20.6 Å². The molecule has 0 radical (unpaired) electrons. The summed E-state index contributed by atoms with van der Waals surface area (Å²) in [5, 5.41) is 8.91. The van der Waals surface area contributed by atoms with E-state index in [0.717, 1.165) is 23.8 Å². The molecular formula is C18H25FN6O4S2. The molecule has 3 saturated heterocycles. The highest BCUT2D eigenvalue weighted by atomic mass is 32.2. The van der Waals surface area contributed by atoms with Gasteiger partial charge in [-0.15, -0.1) is 0 Å². The van der Waals surface area contributed by atoms with E-state index in [2.05, 4.69) is 5.32 Å². The molecule has 0 aliphatic carbocycles. The lowest BCUT2D eigenvalue weighted by Gasteiger charge is -2.34. The third-order valence-corrected chi connectivity index (χ3v) is 7.17. The summed E-state index contributed by atoms with van der Waals surface area (Å²) in [4.78, 5) is 17.5. The molecule has 3 heterocycles. The minimum absolute atomic E-state index is 0.187. The average Bonchev–Trinajstić information content (AvgIpc) is 3.05. The summed E-state index contributed by atoms with van der Waals surface area (Å²) in [5.74, 6) is -0.491. The molecule has 0 aromatic heterocycles. The zero-order valence-electron chi connectivity index (χ0n) is 16.9. The molecule has 0 spiro atoms.